The van der Waals surface area contributed by atoms with Crippen LogP contribution in [-0.2, 0) is 14.0 Å². The average molecular weight is 461 g/mol. The quantitative estimate of drug-likeness (QED) is 0.325. The van der Waals surface area contributed by atoms with Crippen molar-refractivity contribution < 1.29 is 14.0 Å². The van der Waals surface area contributed by atoms with Crippen LogP contribution in [0.5, 0.6) is 0 Å². The molecule has 0 bridgehead atoms. The van der Waals surface area contributed by atoms with Crippen molar-refractivity contribution in [2.45, 2.75) is 104 Å². The maximum atomic E-state index is 12.9. The molecular formula is C19H44O3Si5. The lowest BCUT2D eigenvalue weighted by Gasteiger charge is -2.66. The summed E-state index contributed by atoms with van der Waals surface area (Å²) < 4.78 is 12.9. The van der Waals surface area contributed by atoms with Crippen LogP contribution < -0.4 is 0 Å². The Morgan fingerprint density at radius 1 is 1.07 bits per heavy atom. The van der Waals surface area contributed by atoms with Crippen LogP contribution in [0.3, 0.4) is 0 Å². The molecule has 2 unspecified atom stereocenters. The molecular weight excluding hydrogens is 417 g/mol. The predicted octanol–water partition coefficient (Wildman–Crippen LogP) is 5.10. The highest BCUT2D eigenvalue weighted by Gasteiger charge is 2.70. The Balaban J connectivity index is 3.39. The van der Waals surface area contributed by atoms with E-state index in [9.17, 15) is 4.79 Å². The minimum atomic E-state index is -1.97. The molecule has 8 heteroatoms. The molecule has 0 aromatic heterocycles. The number of hydrogen-bond acceptors (Lipinski definition) is 3. The van der Waals surface area contributed by atoms with Gasteiger partial charge in [0.25, 0.3) is 0 Å². The summed E-state index contributed by atoms with van der Waals surface area (Å²) in [4.78, 5) is 12.9. The van der Waals surface area contributed by atoms with Crippen molar-refractivity contribution in [1.29, 1.82) is 0 Å². The molecule has 0 aromatic rings. The monoisotopic (exact) mass is 460 g/mol. The van der Waals surface area contributed by atoms with Gasteiger partial charge in [-0.3, -0.25) is 0 Å². The van der Waals surface area contributed by atoms with Crippen LogP contribution >= 0.6 is 0 Å². The van der Waals surface area contributed by atoms with Crippen LogP contribution in [0.4, 0.5) is 0 Å². The highest BCUT2D eigenvalue weighted by atomic mass is 29.8. The Kier molecular flexibility index (Phi) is 7.33. The number of rotatable bonds is 5. The van der Waals surface area contributed by atoms with Crippen molar-refractivity contribution in [3.8, 4) is 0 Å². The highest BCUT2D eigenvalue weighted by Crippen LogP contribution is 2.48. The van der Waals surface area contributed by atoms with E-state index in [1.165, 1.54) is 0 Å². The Bertz CT molecular complexity index is 610. The molecule has 0 N–H and O–H groups in total. The van der Waals surface area contributed by atoms with Gasteiger partial charge in [0.15, 0.2) is 7.83 Å². The van der Waals surface area contributed by atoms with Crippen molar-refractivity contribution in [2.75, 3.05) is 0 Å². The summed E-state index contributed by atoms with van der Waals surface area (Å²) in [5.41, 5.74) is 3.34. The van der Waals surface area contributed by atoms with E-state index < -0.39 is 38.4 Å². The van der Waals surface area contributed by atoms with Gasteiger partial charge in [0.1, 0.15) is 0 Å². The minimum absolute atomic E-state index is 0.0982. The van der Waals surface area contributed by atoms with Crippen molar-refractivity contribution in [1.82, 2.24) is 0 Å². The van der Waals surface area contributed by atoms with Gasteiger partial charge in [-0.05, 0) is 40.3 Å². The predicted molar refractivity (Wildman–Crippen MR) is 132 cm³/mol. The summed E-state index contributed by atoms with van der Waals surface area (Å²) in [5.74, 6) is -0.0982. The van der Waals surface area contributed by atoms with E-state index in [1.807, 2.05) is 6.92 Å². The second-order valence-corrected chi connectivity index (χ2v) is 52.6. The van der Waals surface area contributed by atoms with Crippen LogP contribution in [0.2, 0.25) is 58.9 Å². The van der Waals surface area contributed by atoms with Gasteiger partial charge in [0.05, 0.1) is 29.2 Å². The van der Waals surface area contributed by atoms with Crippen LogP contribution in [0.15, 0.2) is 11.3 Å². The number of hydrogen-bond donors (Lipinski definition) is 0. The second-order valence-electron chi connectivity index (χ2n) is 11.0. The van der Waals surface area contributed by atoms with E-state index >= 15 is 0 Å². The van der Waals surface area contributed by atoms with E-state index in [4.69, 9.17) is 9.16 Å². The van der Waals surface area contributed by atoms with E-state index in [0.29, 0.717) is 0 Å². The lowest BCUT2D eigenvalue weighted by Crippen LogP contribution is -2.90. The first-order valence-corrected chi connectivity index (χ1v) is 27.9. The van der Waals surface area contributed by atoms with E-state index in [0.717, 1.165) is 12.0 Å². The largest absolute Gasteiger partial charge is 0.463 e. The third-order valence-electron chi connectivity index (χ3n) is 8.36. The van der Waals surface area contributed by atoms with E-state index in [-0.39, 0.29) is 16.9 Å². The summed E-state index contributed by atoms with van der Waals surface area (Å²) in [5, 5.41) is -0.126. The summed E-state index contributed by atoms with van der Waals surface area (Å²) in [6.07, 6.45) is 0.923. The van der Waals surface area contributed by atoms with E-state index in [2.05, 4.69) is 85.4 Å². The lowest BCUT2D eigenvalue weighted by molar-refractivity contribution is -0.141. The molecule has 3 nitrogen and oxygen atoms in total. The molecule has 1 rings (SSSR count). The first-order valence-electron chi connectivity index (χ1n) is 10.5. The van der Waals surface area contributed by atoms with Crippen molar-refractivity contribution >= 4 is 44.4 Å². The molecule has 158 valence electrons. The molecule has 2 atom stereocenters. The molecule has 1 aliphatic heterocycles. The molecule has 1 saturated heterocycles. The third-order valence-corrected chi connectivity index (χ3v) is 76.4. The molecule has 1 fully saturated rings. The standard InChI is InChI=1S/C19H44O3Si5/c1-14-17(23(5)6)21-18(20)16(2)15-27(13)19(3,4)22-24(7,8)25(9,10)26(27,11)12/h15,17,23H,14H2,1-13H3. The first-order chi connectivity index (χ1) is 11.9. The fraction of sp³-hybridized carbons (Fsp3) is 0.842. The maximum absolute atomic E-state index is 12.9. The Morgan fingerprint density at radius 3 is 1.96 bits per heavy atom. The zero-order valence-corrected chi connectivity index (χ0v) is 25.3. The average Bonchev–Trinajstić information content (AvgIpc) is 2.48. The Hall–Kier alpha value is 0.254. The maximum Gasteiger partial charge on any atom is 0.332 e. The molecule has 1 aliphatic rings. The van der Waals surface area contributed by atoms with Gasteiger partial charge in [-0.1, -0.05) is 58.5 Å². The summed E-state index contributed by atoms with van der Waals surface area (Å²) in [6.45, 7) is 30.9. The molecule has 0 saturated carbocycles. The van der Waals surface area contributed by atoms with Gasteiger partial charge in [0, 0.05) is 17.9 Å². The zero-order chi connectivity index (χ0) is 21.6. The van der Waals surface area contributed by atoms with Crippen LogP contribution in [-0.4, -0.2) is 55.4 Å². The van der Waals surface area contributed by atoms with E-state index in [1.54, 1.807) is 0 Å². The molecule has 0 aromatic carbocycles. The molecule has 0 spiro atoms. The fourth-order valence-electron chi connectivity index (χ4n) is 4.79. The molecule has 0 radical (unpaired) electrons. The molecule has 27 heavy (non-hydrogen) atoms. The highest BCUT2D eigenvalue weighted by molar-refractivity contribution is 7.84. The fourth-order valence-corrected chi connectivity index (χ4v) is 76.4. The number of ether oxygens (including phenoxy) is 1. The molecule has 0 amide bonds. The van der Waals surface area contributed by atoms with Gasteiger partial charge in [-0.25, -0.2) is 4.79 Å². The van der Waals surface area contributed by atoms with Crippen molar-refractivity contribution in [2.24, 2.45) is 0 Å². The van der Waals surface area contributed by atoms with Gasteiger partial charge >= 0.3 is 5.97 Å². The minimum Gasteiger partial charge on any atom is -0.463 e. The lowest BCUT2D eigenvalue weighted by atomic mass is 10.3. The zero-order valence-electron chi connectivity index (χ0n) is 20.2. The summed E-state index contributed by atoms with van der Waals surface area (Å²) >= 11 is 0. The first kappa shape index (κ1) is 25.3. The van der Waals surface area contributed by atoms with Crippen LogP contribution in [0, 0.1) is 0 Å². The van der Waals surface area contributed by atoms with Crippen LogP contribution in [0.25, 0.3) is 0 Å². The van der Waals surface area contributed by atoms with Gasteiger partial charge in [-0.2, -0.15) is 0 Å². The Labute approximate surface area is 173 Å². The van der Waals surface area contributed by atoms with Crippen molar-refractivity contribution in [3.05, 3.63) is 11.3 Å². The van der Waals surface area contributed by atoms with Gasteiger partial charge in [0.2, 0.25) is 0 Å². The normalized spacial score (nSPS) is 30.1. The Morgan fingerprint density at radius 2 is 1.56 bits per heavy atom. The number of carbonyl (C=O) groups is 1. The number of esters is 1. The van der Waals surface area contributed by atoms with Gasteiger partial charge in [-0.15, -0.1) is 0 Å². The molecule has 0 aliphatic carbocycles. The van der Waals surface area contributed by atoms with Crippen molar-refractivity contribution in [3.63, 3.8) is 0 Å². The smallest absolute Gasteiger partial charge is 0.332 e. The SMILES string of the molecule is CCC(OC(=O)C(C)=C[Si]1(C)C(C)(C)O[Si](C)(C)[Si](C)(C)[Si]1(C)C)[SiH](C)C. The summed E-state index contributed by atoms with van der Waals surface area (Å²) in [7, 11) is -7.76. The van der Waals surface area contributed by atoms with Crippen LogP contribution in [0.1, 0.15) is 34.1 Å². The van der Waals surface area contributed by atoms with Gasteiger partial charge < -0.3 is 9.16 Å². The third kappa shape index (κ3) is 4.12. The molecule has 1 heterocycles. The number of carbonyl (C=O) groups excluding carboxylic acids is 1. The topological polar surface area (TPSA) is 35.5 Å². The summed E-state index contributed by atoms with van der Waals surface area (Å²) in [6, 6.07) is 0. The second kappa shape index (κ2) is 7.83.